The normalized spacial score (nSPS) is 23.7. The molecule has 0 saturated heterocycles. The topological polar surface area (TPSA) is 78.3 Å². The number of hydrogen-bond acceptors (Lipinski definition) is 3. The maximum atomic E-state index is 11.4. The summed E-state index contributed by atoms with van der Waals surface area (Å²) in [6.07, 6.45) is 4.10. The monoisotopic (exact) mass is 312 g/mol. The Kier molecular flexibility index (Phi) is 4.24. The average Bonchev–Trinajstić information content (AvgIpc) is 2.32. The van der Waals surface area contributed by atoms with Crippen LogP contribution in [0.4, 0.5) is 0 Å². The molecule has 2 atom stereocenters. The average molecular weight is 313 g/mol. The van der Waals surface area contributed by atoms with Crippen LogP contribution < -0.4 is 16.2 Å². The number of rotatable bonds is 3. The van der Waals surface area contributed by atoms with Crippen molar-refractivity contribution in [1.82, 2.24) is 0 Å². The van der Waals surface area contributed by atoms with Crippen molar-refractivity contribution in [3.05, 3.63) is 28.2 Å². The van der Waals surface area contributed by atoms with Crippen molar-refractivity contribution in [2.75, 3.05) is 0 Å². The van der Waals surface area contributed by atoms with Gasteiger partial charge in [0.25, 0.3) is 5.91 Å². The molecular weight excluding hydrogens is 296 g/mol. The van der Waals surface area contributed by atoms with Crippen molar-refractivity contribution < 1.29 is 9.53 Å². The smallest absolute Gasteiger partial charge is 0.252 e. The van der Waals surface area contributed by atoms with Gasteiger partial charge >= 0.3 is 0 Å². The van der Waals surface area contributed by atoms with Gasteiger partial charge in [0.2, 0.25) is 0 Å². The summed E-state index contributed by atoms with van der Waals surface area (Å²) in [6.45, 7) is 0. The molecule has 1 aromatic carbocycles. The molecule has 0 aliphatic heterocycles. The number of halogens is 1. The quantitative estimate of drug-likeness (QED) is 0.898. The summed E-state index contributed by atoms with van der Waals surface area (Å²) in [5.74, 6) is 0.0288. The minimum atomic E-state index is -0.484. The zero-order chi connectivity index (χ0) is 13.1. The van der Waals surface area contributed by atoms with Crippen LogP contribution in [-0.2, 0) is 0 Å². The first-order valence-electron chi connectivity index (χ1n) is 6.09. The van der Waals surface area contributed by atoms with Gasteiger partial charge in [-0.2, -0.15) is 0 Å². The molecule has 1 aliphatic carbocycles. The highest BCUT2D eigenvalue weighted by Crippen LogP contribution is 2.28. The SMILES string of the molecule is NC(=O)c1ccc(Br)cc1OC1CCCCC1N. The summed E-state index contributed by atoms with van der Waals surface area (Å²) in [5.41, 5.74) is 11.8. The van der Waals surface area contributed by atoms with Gasteiger partial charge in [-0.1, -0.05) is 22.4 Å². The number of benzene rings is 1. The Labute approximate surface area is 115 Å². The number of carbonyl (C=O) groups excluding carboxylic acids is 1. The van der Waals surface area contributed by atoms with Gasteiger partial charge in [-0.3, -0.25) is 4.79 Å². The molecule has 98 valence electrons. The lowest BCUT2D eigenvalue weighted by Crippen LogP contribution is -2.41. The van der Waals surface area contributed by atoms with E-state index in [0.717, 1.165) is 30.2 Å². The van der Waals surface area contributed by atoms with E-state index in [4.69, 9.17) is 16.2 Å². The van der Waals surface area contributed by atoms with Gasteiger partial charge in [0.1, 0.15) is 11.9 Å². The lowest BCUT2D eigenvalue weighted by Gasteiger charge is -2.29. The molecule has 0 radical (unpaired) electrons. The Bertz CT molecular complexity index is 451. The second-order valence-electron chi connectivity index (χ2n) is 4.61. The van der Waals surface area contributed by atoms with Crippen LogP contribution in [0.5, 0.6) is 5.75 Å². The first kappa shape index (κ1) is 13.4. The van der Waals surface area contributed by atoms with Gasteiger partial charge < -0.3 is 16.2 Å². The van der Waals surface area contributed by atoms with Crippen LogP contribution in [0, 0.1) is 0 Å². The molecular formula is C13H17BrN2O2. The Hall–Kier alpha value is -1.07. The van der Waals surface area contributed by atoms with Crippen LogP contribution in [0.2, 0.25) is 0 Å². The standard InChI is InChI=1S/C13H17BrN2O2/c14-8-5-6-9(13(16)17)12(7-8)18-11-4-2-1-3-10(11)15/h5-7,10-11H,1-4,15H2,(H2,16,17). The molecule has 1 aromatic rings. The third kappa shape index (κ3) is 3.03. The summed E-state index contributed by atoms with van der Waals surface area (Å²) in [7, 11) is 0. The Morgan fingerprint density at radius 3 is 2.72 bits per heavy atom. The van der Waals surface area contributed by atoms with Crippen LogP contribution in [0.15, 0.2) is 22.7 Å². The first-order chi connectivity index (χ1) is 8.58. The molecule has 1 amide bonds. The van der Waals surface area contributed by atoms with Gasteiger partial charge in [0.15, 0.2) is 0 Å². The lowest BCUT2D eigenvalue weighted by molar-refractivity contribution is 0.0981. The summed E-state index contributed by atoms with van der Waals surface area (Å²) in [4.78, 5) is 11.4. The van der Waals surface area contributed by atoms with Gasteiger partial charge in [0.05, 0.1) is 5.56 Å². The van der Waals surface area contributed by atoms with Gasteiger partial charge in [-0.05, 0) is 37.5 Å². The van der Waals surface area contributed by atoms with E-state index >= 15 is 0 Å². The molecule has 4 nitrogen and oxygen atoms in total. The molecule has 0 heterocycles. The van der Waals surface area contributed by atoms with E-state index in [2.05, 4.69) is 15.9 Å². The molecule has 5 heteroatoms. The molecule has 2 unspecified atom stereocenters. The van der Waals surface area contributed by atoms with E-state index in [0.29, 0.717) is 11.3 Å². The van der Waals surface area contributed by atoms with Crippen LogP contribution in [0.1, 0.15) is 36.0 Å². The second kappa shape index (κ2) is 5.71. The molecule has 1 aliphatic rings. The largest absolute Gasteiger partial charge is 0.488 e. The van der Waals surface area contributed by atoms with E-state index in [1.54, 1.807) is 18.2 Å². The summed E-state index contributed by atoms with van der Waals surface area (Å²) >= 11 is 3.36. The van der Waals surface area contributed by atoms with Crippen LogP contribution in [0.3, 0.4) is 0 Å². The number of primary amides is 1. The minimum Gasteiger partial charge on any atom is -0.488 e. The van der Waals surface area contributed by atoms with Crippen LogP contribution in [0.25, 0.3) is 0 Å². The summed E-state index contributed by atoms with van der Waals surface area (Å²) in [6, 6.07) is 5.23. The highest BCUT2D eigenvalue weighted by Gasteiger charge is 2.24. The van der Waals surface area contributed by atoms with Crippen LogP contribution in [-0.4, -0.2) is 18.1 Å². The Balaban J connectivity index is 2.21. The summed E-state index contributed by atoms with van der Waals surface area (Å²) in [5, 5.41) is 0. The van der Waals surface area contributed by atoms with Crippen molar-refractivity contribution in [2.24, 2.45) is 11.5 Å². The lowest BCUT2D eigenvalue weighted by atomic mass is 9.93. The van der Waals surface area contributed by atoms with Crippen molar-refractivity contribution in [3.63, 3.8) is 0 Å². The van der Waals surface area contributed by atoms with Crippen molar-refractivity contribution in [2.45, 2.75) is 37.8 Å². The predicted octanol–water partition coefficient (Wildman–Crippen LogP) is 2.20. The highest BCUT2D eigenvalue weighted by atomic mass is 79.9. The maximum absolute atomic E-state index is 11.4. The van der Waals surface area contributed by atoms with Crippen LogP contribution >= 0.6 is 15.9 Å². The van der Waals surface area contributed by atoms with Gasteiger partial charge in [0, 0.05) is 10.5 Å². The molecule has 1 fully saturated rings. The van der Waals surface area contributed by atoms with E-state index < -0.39 is 5.91 Å². The van der Waals surface area contributed by atoms with Crippen molar-refractivity contribution >= 4 is 21.8 Å². The summed E-state index contributed by atoms with van der Waals surface area (Å²) < 4.78 is 6.74. The number of hydrogen-bond donors (Lipinski definition) is 2. The molecule has 1 saturated carbocycles. The maximum Gasteiger partial charge on any atom is 0.252 e. The molecule has 4 N–H and O–H groups in total. The van der Waals surface area contributed by atoms with E-state index in [1.165, 1.54) is 0 Å². The number of amides is 1. The molecule has 0 bridgehead atoms. The fraction of sp³-hybridized carbons (Fsp3) is 0.462. The van der Waals surface area contributed by atoms with E-state index in [9.17, 15) is 4.79 Å². The van der Waals surface area contributed by atoms with Crippen molar-refractivity contribution in [3.8, 4) is 5.75 Å². The first-order valence-corrected chi connectivity index (χ1v) is 6.89. The second-order valence-corrected chi connectivity index (χ2v) is 5.53. The number of ether oxygens (including phenoxy) is 1. The third-order valence-corrected chi connectivity index (χ3v) is 3.73. The van der Waals surface area contributed by atoms with E-state index in [-0.39, 0.29) is 12.1 Å². The highest BCUT2D eigenvalue weighted by molar-refractivity contribution is 9.10. The molecule has 18 heavy (non-hydrogen) atoms. The molecule has 2 rings (SSSR count). The van der Waals surface area contributed by atoms with Gasteiger partial charge in [-0.15, -0.1) is 0 Å². The predicted molar refractivity (Wildman–Crippen MR) is 73.5 cm³/mol. The number of nitrogens with two attached hydrogens (primary N) is 2. The Morgan fingerprint density at radius 1 is 1.33 bits per heavy atom. The zero-order valence-corrected chi connectivity index (χ0v) is 11.7. The molecule has 0 spiro atoms. The third-order valence-electron chi connectivity index (χ3n) is 3.24. The van der Waals surface area contributed by atoms with Gasteiger partial charge in [-0.25, -0.2) is 0 Å². The number of carbonyl (C=O) groups is 1. The fourth-order valence-corrected chi connectivity index (χ4v) is 2.57. The Morgan fingerprint density at radius 2 is 2.06 bits per heavy atom. The zero-order valence-electron chi connectivity index (χ0n) is 10.1. The molecule has 0 aromatic heterocycles. The fourth-order valence-electron chi connectivity index (χ4n) is 2.23. The minimum absolute atomic E-state index is 0.0264. The van der Waals surface area contributed by atoms with E-state index in [1.807, 2.05) is 0 Å². The van der Waals surface area contributed by atoms with Crippen molar-refractivity contribution in [1.29, 1.82) is 0 Å².